The van der Waals surface area contributed by atoms with E-state index in [1.807, 2.05) is 13.1 Å². The smallest absolute Gasteiger partial charge is 0.238 e. The van der Waals surface area contributed by atoms with Gasteiger partial charge in [0.15, 0.2) is 0 Å². The molecule has 0 radical (unpaired) electrons. The third-order valence-corrected chi connectivity index (χ3v) is 2.86. The molecule has 1 unspecified atom stereocenters. The predicted molar refractivity (Wildman–Crippen MR) is 74.7 cm³/mol. The van der Waals surface area contributed by atoms with E-state index < -0.39 is 23.2 Å². The molecule has 112 valence electrons. The first-order valence-electron chi connectivity index (χ1n) is 6.51. The van der Waals surface area contributed by atoms with Gasteiger partial charge in [0.05, 0.1) is 13.1 Å². The molecule has 0 aliphatic rings. The lowest BCUT2D eigenvalue weighted by Crippen LogP contribution is -2.37. The highest BCUT2D eigenvalue weighted by Crippen LogP contribution is 2.17. The van der Waals surface area contributed by atoms with Crippen molar-refractivity contribution in [3.05, 3.63) is 48.3 Å². The van der Waals surface area contributed by atoms with Gasteiger partial charge in [0.1, 0.15) is 17.3 Å². The van der Waals surface area contributed by atoms with Crippen molar-refractivity contribution in [2.45, 2.75) is 19.5 Å². The molecule has 0 saturated carbocycles. The van der Waals surface area contributed by atoms with Crippen LogP contribution in [0.15, 0.2) is 36.7 Å². The predicted octanol–water partition coefficient (Wildman–Crippen LogP) is 1.78. The Morgan fingerprint density at radius 1 is 1.33 bits per heavy atom. The van der Waals surface area contributed by atoms with Gasteiger partial charge in [0.25, 0.3) is 0 Å². The molecule has 1 atom stereocenters. The van der Waals surface area contributed by atoms with Crippen LogP contribution in [0.2, 0.25) is 0 Å². The van der Waals surface area contributed by atoms with E-state index in [2.05, 4.69) is 15.7 Å². The topological polar surface area (TPSA) is 59.0 Å². The molecule has 0 saturated heterocycles. The highest BCUT2D eigenvalue weighted by molar-refractivity contribution is 5.92. The molecule has 7 heteroatoms. The SMILES string of the molecule is CC(Cn1cccn1)NCC(=O)Nc1c(F)cccc1F. The zero-order valence-corrected chi connectivity index (χ0v) is 11.5. The van der Waals surface area contributed by atoms with Crippen LogP contribution in [0.1, 0.15) is 6.92 Å². The number of aromatic nitrogens is 2. The molecular weight excluding hydrogens is 278 g/mol. The number of para-hydroxylation sites is 1. The normalized spacial score (nSPS) is 12.1. The Bertz CT molecular complexity index is 581. The van der Waals surface area contributed by atoms with Gasteiger partial charge in [-0.2, -0.15) is 5.10 Å². The minimum Gasteiger partial charge on any atom is -0.320 e. The number of halogens is 2. The number of hydrogen-bond acceptors (Lipinski definition) is 3. The highest BCUT2D eigenvalue weighted by Gasteiger charge is 2.12. The van der Waals surface area contributed by atoms with Crippen molar-refractivity contribution < 1.29 is 13.6 Å². The molecule has 1 aromatic carbocycles. The number of hydrogen-bond donors (Lipinski definition) is 2. The minimum atomic E-state index is -0.798. The number of amides is 1. The van der Waals surface area contributed by atoms with E-state index in [9.17, 15) is 13.6 Å². The van der Waals surface area contributed by atoms with Crippen LogP contribution < -0.4 is 10.6 Å². The van der Waals surface area contributed by atoms with Crippen LogP contribution in [0.3, 0.4) is 0 Å². The molecule has 21 heavy (non-hydrogen) atoms. The second-order valence-corrected chi connectivity index (χ2v) is 4.65. The first kappa shape index (κ1) is 15.1. The van der Waals surface area contributed by atoms with Gasteiger partial charge in [-0.15, -0.1) is 0 Å². The van der Waals surface area contributed by atoms with Gasteiger partial charge in [-0.3, -0.25) is 9.48 Å². The Hall–Kier alpha value is -2.28. The molecule has 2 N–H and O–H groups in total. The molecule has 0 aliphatic heterocycles. The summed E-state index contributed by atoms with van der Waals surface area (Å²) in [4.78, 5) is 11.7. The Morgan fingerprint density at radius 2 is 2.05 bits per heavy atom. The van der Waals surface area contributed by atoms with Crippen molar-refractivity contribution in [2.75, 3.05) is 11.9 Å². The van der Waals surface area contributed by atoms with Gasteiger partial charge in [-0.05, 0) is 25.1 Å². The first-order chi connectivity index (χ1) is 10.1. The lowest BCUT2D eigenvalue weighted by Gasteiger charge is -2.14. The summed E-state index contributed by atoms with van der Waals surface area (Å²) >= 11 is 0. The fourth-order valence-corrected chi connectivity index (χ4v) is 1.82. The Morgan fingerprint density at radius 3 is 2.67 bits per heavy atom. The Labute approximate surface area is 121 Å². The summed E-state index contributed by atoms with van der Waals surface area (Å²) in [5.74, 6) is -2.10. The average molecular weight is 294 g/mol. The maximum absolute atomic E-state index is 13.4. The van der Waals surface area contributed by atoms with E-state index in [-0.39, 0.29) is 12.6 Å². The number of carbonyl (C=O) groups is 1. The lowest BCUT2D eigenvalue weighted by molar-refractivity contribution is -0.115. The fraction of sp³-hybridized carbons (Fsp3) is 0.286. The molecule has 2 aromatic rings. The van der Waals surface area contributed by atoms with Crippen LogP contribution in [0, 0.1) is 11.6 Å². The van der Waals surface area contributed by atoms with Crippen LogP contribution >= 0.6 is 0 Å². The number of nitrogens with zero attached hydrogens (tertiary/aromatic N) is 2. The number of anilines is 1. The molecule has 5 nitrogen and oxygen atoms in total. The molecule has 1 heterocycles. The van der Waals surface area contributed by atoms with Crippen LogP contribution in [-0.4, -0.2) is 28.3 Å². The number of nitrogens with one attached hydrogen (secondary N) is 2. The molecule has 1 aromatic heterocycles. The van der Waals surface area contributed by atoms with Crippen molar-refractivity contribution >= 4 is 11.6 Å². The van der Waals surface area contributed by atoms with E-state index in [0.29, 0.717) is 6.54 Å². The van der Waals surface area contributed by atoms with Gasteiger partial charge in [0.2, 0.25) is 5.91 Å². The molecule has 0 aliphatic carbocycles. The van der Waals surface area contributed by atoms with E-state index in [1.54, 1.807) is 16.9 Å². The highest BCUT2D eigenvalue weighted by atomic mass is 19.1. The molecule has 2 rings (SSSR count). The summed E-state index contributed by atoms with van der Waals surface area (Å²) in [6.45, 7) is 2.43. The van der Waals surface area contributed by atoms with Gasteiger partial charge in [0, 0.05) is 18.4 Å². The van der Waals surface area contributed by atoms with Gasteiger partial charge < -0.3 is 10.6 Å². The summed E-state index contributed by atoms with van der Waals surface area (Å²) in [6, 6.07) is 5.21. The molecule has 0 fully saturated rings. The van der Waals surface area contributed by atoms with E-state index in [1.165, 1.54) is 6.07 Å². The number of rotatable bonds is 6. The van der Waals surface area contributed by atoms with Crippen molar-refractivity contribution in [1.29, 1.82) is 0 Å². The summed E-state index contributed by atoms with van der Waals surface area (Å²) in [5.41, 5.74) is -0.427. The van der Waals surface area contributed by atoms with Crippen LogP contribution in [0.4, 0.5) is 14.5 Å². The van der Waals surface area contributed by atoms with Crippen molar-refractivity contribution in [2.24, 2.45) is 0 Å². The zero-order valence-electron chi connectivity index (χ0n) is 11.5. The zero-order chi connectivity index (χ0) is 15.2. The molecular formula is C14H16F2N4O. The second kappa shape index (κ2) is 6.94. The lowest BCUT2D eigenvalue weighted by atomic mass is 10.3. The van der Waals surface area contributed by atoms with Crippen LogP contribution in [0.25, 0.3) is 0 Å². The monoisotopic (exact) mass is 294 g/mol. The molecule has 0 bridgehead atoms. The Balaban J connectivity index is 1.82. The van der Waals surface area contributed by atoms with Crippen LogP contribution in [-0.2, 0) is 11.3 Å². The largest absolute Gasteiger partial charge is 0.320 e. The summed E-state index contributed by atoms with van der Waals surface area (Å²) in [6.07, 6.45) is 3.48. The third kappa shape index (κ3) is 4.35. The van der Waals surface area contributed by atoms with Crippen molar-refractivity contribution in [3.8, 4) is 0 Å². The minimum absolute atomic E-state index is 0.0129. The van der Waals surface area contributed by atoms with Gasteiger partial charge >= 0.3 is 0 Å². The number of carbonyl (C=O) groups excluding carboxylic acids is 1. The van der Waals surface area contributed by atoms with Crippen molar-refractivity contribution in [1.82, 2.24) is 15.1 Å². The maximum atomic E-state index is 13.4. The van der Waals surface area contributed by atoms with Crippen molar-refractivity contribution in [3.63, 3.8) is 0 Å². The maximum Gasteiger partial charge on any atom is 0.238 e. The van der Waals surface area contributed by atoms with Crippen LogP contribution in [0.5, 0.6) is 0 Å². The fourth-order valence-electron chi connectivity index (χ4n) is 1.82. The summed E-state index contributed by atoms with van der Waals surface area (Å²) < 4.78 is 28.5. The molecule has 1 amide bonds. The average Bonchev–Trinajstić information content (AvgIpc) is 2.94. The quantitative estimate of drug-likeness (QED) is 0.854. The van der Waals surface area contributed by atoms with Gasteiger partial charge in [-0.25, -0.2) is 8.78 Å². The second-order valence-electron chi connectivity index (χ2n) is 4.65. The van der Waals surface area contributed by atoms with E-state index in [0.717, 1.165) is 12.1 Å². The standard InChI is InChI=1S/C14H16F2N4O/c1-10(9-20-7-3-6-18-20)17-8-13(21)19-14-11(15)4-2-5-12(14)16/h2-7,10,17H,8-9H2,1H3,(H,19,21). The first-order valence-corrected chi connectivity index (χ1v) is 6.51. The number of benzene rings is 1. The van der Waals surface area contributed by atoms with Gasteiger partial charge in [-0.1, -0.05) is 6.07 Å². The molecule has 0 spiro atoms. The van der Waals surface area contributed by atoms with E-state index >= 15 is 0 Å². The summed E-state index contributed by atoms with van der Waals surface area (Å²) in [7, 11) is 0. The summed E-state index contributed by atoms with van der Waals surface area (Å²) in [5, 5.41) is 9.23. The van der Waals surface area contributed by atoms with E-state index in [4.69, 9.17) is 0 Å². The third-order valence-electron chi connectivity index (χ3n) is 2.86. The Kier molecular flexibility index (Phi) is 4.99.